The van der Waals surface area contributed by atoms with Gasteiger partial charge in [-0.25, -0.2) is 4.79 Å². The molecule has 5 nitrogen and oxygen atoms in total. The Morgan fingerprint density at radius 1 is 1.33 bits per heavy atom. The first kappa shape index (κ1) is 16.5. The molecule has 0 saturated carbocycles. The van der Waals surface area contributed by atoms with Crippen LogP contribution < -0.4 is 0 Å². The van der Waals surface area contributed by atoms with Crippen LogP contribution in [0.3, 0.4) is 0 Å². The molecule has 0 aliphatic heterocycles. The fourth-order valence-corrected chi connectivity index (χ4v) is 1.54. The van der Waals surface area contributed by atoms with Crippen LogP contribution in [0.2, 0.25) is 0 Å². The standard InChI is InChI=1S/C13H24N2O3/c1-6-9-15(13(2,3)4)12(18)14(5)10-7-8-11(16)17/h6H,1,7-10H2,2-5H3,(H,16,17). The van der Waals surface area contributed by atoms with Crippen molar-refractivity contribution < 1.29 is 14.7 Å². The van der Waals surface area contributed by atoms with Crippen molar-refractivity contribution in [1.82, 2.24) is 9.80 Å². The minimum Gasteiger partial charge on any atom is -0.481 e. The van der Waals surface area contributed by atoms with Crippen molar-refractivity contribution in [2.24, 2.45) is 0 Å². The fourth-order valence-electron chi connectivity index (χ4n) is 1.54. The molecule has 0 aromatic carbocycles. The molecule has 0 bridgehead atoms. The molecule has 0 aliphatic rings. The average Bonchev–Trinajstić information content (AvgIpc) is 2.22. The van der Waals surface area contributed by atoms with Crippen molar-refractivity contribution in [1.29, 1.82) is 0 Å². The minimum absolute atomic E-state index is 0.0780. The van der Waals surface area contributed by atoms with E-state index in [0.717, 1.165) is 0 Å². The van der Waals surface area contributed by atoms with Crippen molar-refractivity contribution in [3.63, 3.8) is 0 Å². The van der Waals surface area contributed by atoms with Gasteiger partial charge in [-0.15, -0.1) is 6.58 Å². The summed E-state index contributed by atoms with van der Waals surface area (Å²) >= 11 is 0. The van der Waals surface area contributed by atoms with Crippen LogP contribution in [0.4, 0.5) is 4.79 Å². The van der Waals surface area contributed by atoms with Crippen molar-refractivity contribution in [3.8, 4) is 0 Å². The van der Waals surface area contributed by atoms with E-state index in [9.17, 15) is 9.59 Å². The second-order valence-electron chi connectivity index (χ2n) is 5.27. The SMILES string of the molecule is C=CCN(C(=O)N(C)CCCC(=O)O)C(C)(C)C. The lowest BCUT2D eigenvalue weighted by Gasteiger charge is -2.37. The number of carbonyl (C=O) groups is 2. The number of carboxylic acid groups (broad SMARTS) is 1. The number of aliphatic carboxylic acids is 1. The minimum atomic E-state index is -0.838. The highest BCUT2D eigenvalue weighted by Gasteiger charge is 2.27. The highest BCUT2D eigenvalue weighted by Crippen LogP contribution is 2.15. The summed E-state index contributed by atoms with van der Waals surface area (Å²) in [6.07, 6.45) is 2.23. The van der Waals surface area contributed by atoms with E-state index in [1.165, 1.54) is 0 Å². The monoisotopic (exact) mass is 256 g/mol. The van der Waals surface area contributed by atoms with Gasteiger partial charge in [0.05, 0.1) is 0 Å². The smallest absolute Gasteiger partial charge is 0.320 e. The van der Waals surface area contributed by atoms with E-state index in [-0.39, 0.29) is 18.0 Å². The molecule has 0 saturated heterocycles. The summed E-state index contributed by atoms with van der Waals surface area (Å²) in [5.74, 6) is -0.838. The zero-order valence-corrected chi connectivity index (χ0v) is 11.8. The third-order valence-corrected chi connectivity index (χ3v) is 2.56. The van der Waals surface area contributed by atoms with Gasteiger partial charge in [-0.3, -0.25) is 4.79 Å². The number of hydrogen-bond acceptors (Lipinski definition) is 2. The molecule has 18 heavy (non-hydrogen) atoms. The van der Waals surface area contributed by atoms with Gasteiger partial charge >= 0.3 is 12.0 Å². The zero-order valence-electron chi connectivity index (χ0n) is 11.8. The Labute approximate surface area is 109 Å². The van der Waals surface area contributed by atoms with Crippen LogP contribution in [-0.4, -0.2) is 52.6 Å². The van der Waals surface area contributed by atoms with Crippen molar-refractivity contribution in [2.75, 3.05) is 20.1 Å². The summed E-state index contributed by atoms with van der Waals surface area (Å²) in [6.45, 7) is 10.4. The Morgan fingerprint density at radius 3 is 2.28 bits per heavy atom. The van der Waals surface area contributed by atoms with E-state index in [0.29, 0.717) is 19.5 Å². The molecule has 0 aromatic heterocycles. The molecular weight excluding hydrogens is 232 g/mol. The van der Waals surface area contributed by atoms with Gasteiger partial charge < -0.3 is 14.9 Å². The predicted molar refractivity (Wildman–Crippen MR) is 71.6 cm³/mol. The van der Waals surface area contributed by atoms with Gasteiger partial charge in [-0.2, -0.15) is 0 Å². The van der Waals surface area contributed by atoms with Gasteiger partial charge in [-0.1, -0.05) is 6.08 Å². The fraction of sp³-hybridized carbons (Fsp3) is 0.692. The summed E-state index contributed by atoms with van der Waals surface area (Å²) in [5.41, 5.74) is -0.285. The van der Waals surface area contributed by atoms with Crippen LogP contribution in [0.25, 0.3) is 0 Å². The van der Waals surface area contributed by atoms with Crippen molar-refractivity contribution in [2.45, 2.75) is 39.2 Å². The molecule has 5 heteroatoms. The van der Waals surface area contributed by atoms with Crippen LogP contribution in [-0.2, 0) is 4.79 Å². The third kappa shape index (κ3) is 5.70. The van der Waals surface area contributed by atoms with Gasteiger partial charge in [0.15, 0.2) is 0 Å². The molecular formula is C13H24N2O3. The van der Waals surface area contributed by atoms with Gasteiger partial charge in [0.2, 0.25) is 0 Å². The first-order chi connectivity index (χ1) is 8.20. The molecule has 0 heterocycles. The maximum atomic E-state index is 12.2. The molecule has 0 spiro atoms. The van der Waals surface area contributed by atoms with E-state index < -0.39 is 5.97 Å². The quantitative estimate of drug-likeness (QED) is 0.741. The van der Waals surface area contributed by atoms with Crippen LogP contribution in [0.1, 0.15) is 33.6 Å². The summed E-state index contributed by atoms with van der Waals surface area (Å²) < 4.78 is 0. The van der Waals surface area contributed by atoms with Gasteiger partial charge in [-0.05, 0) is 27.2 Å². The third-order valence-electron chi connectivity index (χ3n) is 2.56. The van der Waals surface area contributed by atoms with Gasteiger partial charge in [0.25, 0.3) is 0 Å². The molecule has 1 N–H and O–H groups in total. The Bertz CT molecular complexity index is 308. The van der Waals surface area contributed by atoms with E-state index in [2.05, 4.69) is 6.58 Å². The number of amides is 2. The molecule has 0 aromatic rings. The maximum absolute atomic E-state index is 12.2. The Kier molecular flexibility index (Phi) is 6.44. The summed E-state index contributed by atoms with van der Waals surface area (Å²) in [4.78, 5) is 25.9. The number of hydrogen-bond donors (Lipinski definition) is 1. The average molecular weight is 256 g/mol. The number of nitrogens with zero attached hydrogens (tertiary/aromatic N) is 2. The summed E-state index contributed by atoms with van der Waals surface area (Å²) in [5, 5.41) is 8.56. The number of carbonyl (C=O) groups excluding carboxylic acids is 1. The maximum Gasteiger partial charge on any atom is 0.320 e. The number of rotatable bonds is 6. The summed E-state index contributed by atoms with van der Waals surface area (Å²) in [7, 11) is 1.69. The molecule has 0 radical (unpaired) electrons. The first-order valence-electron chi connectivity index (χ1n) is 6.05. The number of carboxylic acids is 1. The Balaban J connectivity index is 4.47. The Morgan fingerprint density at radius 2 is 1.89 bits per heavy atom. The Hall–Kier alpha value is -1.52. The summed E-state index contributed by atoms with van der Waals surface area (Å²) in [6, 6.07) is -0.104. The van der Waals surface area contributed by atoms with Crippen LogP contribution >= 0.6 is 0 Å². The number of urea groups is 1. The molecule has 0 rings (SSSR count). The molecule has 0 atom stereocenters. The van der Waals surface area contributed by atoms with Crippen LogP contribution in [0, 0.1) is 0 Å². The lowest BCUT2D eigenvalue weighted by molar-refractivity contribution is -0.137. The lowest BCUT2D eigenvalue weighted by Crippen LogP contribution is -2.51. The highest BCUT2D eigenvalue weighted by atomic mass is 16.4. The predicted octanol–water partition coefficient (Wildman–Crippen LogP) is 2.19. The highest BCUT2D eigenvalue weighted by molar-refractivity contribution is 5.75. The van der Waals surface area contributed by atoms with Crippen molar-refractivity contribution in [3.05, 3.63) is 12.7 Å². The molecule has 104 valence electrons. The van der Waals surface area contributed by atoms with Crippen molar-refractivity contribution >= 4 is 12.0 Å². The normalized spacial score (nSPS) is 10.9. The lowest BCUT2D eigenvalue weighted by atomic mass is 10.1. The molecule has 0 unspecified atom stereocenters. The van der Waals surface area contributed by atoms with E-state index in [1.807, 2.05) is 20.8 Å². The van der Waals surface area contributed by atoms with E-state index in [1.54, 1.807) is 22.9 Å². The van der Waals surface area contributed by atoms with E-state index in [4.69, 9.17) is 5.11 Å². The van der Waals surface area contributed by atoms with Crippen LogP contribution in [0.5, 0.6) is 0 Å². The molecule has 0 fully saturated rings. The molecule has 2 amide bonds. The topological polar surface area (TPSA) is 60.9 Å². The largest absolute Gasteiger partial charge is 0.481 e. The van der Waals surface area contributed by atoms with Crippen LogP contribution in [0.15, 0.2) is 12.7 Å². The van der Waals surface area contributed by atoms with Gasteiger partial charge in [0.1, 0.15) is 0 Å². The molecule has 0 aliphatic carbocycles. The second kappa shape index (κ2) is 7.03. The zero-order chi connectivity index (χ0) is 14.3. The van der Waals surface area contributed by atoms with E-state index >= 15 is 0 Å². The first-order valence-corrected chi connectivity index (χ1v) is 6.05. The second-order valence-corrected chi connectivity index (χ2v) is 5.27. The van der Waals surface area contributed by atoms with Gasteiger partial charge in [0, 0.05) is 32.1 Å².